The summed E-state index contributed by atoms with van der Waals surface area (Å²) in [6, 6.07) is 17.0. The maximum atomic E-state index is 9.34. The second-order valence-corrected chi connectivity index (χ2v) is 10.0. The number of pyridine rings is 1. The van der Waals surface area contributed by atoms with E-state index in [1.165, 1.54) is 33.0 Å². The maximum Gasteiger partial charge on any atom is 0.256 e. The van der Waals surface area contributed by atoms with E-state index in [2.05, 4.69) is 76.6 Å². The molecule has 0 radical (unpaired) electrons. The van der Waals surface area contributed by atoms with E-state index in [0.29, 0.717) is 5.56 Å². The normalized spacial score (nSPS) is 12.5. The summed E-state index contributed by atoms with van der Waals surface area (Å²) < 4.78 is 8.77. The molecule has 2 heterocycles. The van der Waals surface area contributed by atoms with Crippen LogP contribution in [-0.4, -0.2) is 0 Å². The van der Waals surface area contributed by atoms with Crippen LogP contribution in [0.15, 0.2) is 42.5 Å². The first-order valence-corrected chi connectivity index (χ1v) is 10.8. The van der Waals surface area contributed by atoms with Gasteiger partial charge in [0.25, 0.3) is 5.69 Å². The lowest BCUT2D eigenvalue weighted by Crippen LogP contribution is -2.33. The molecule has 0 fully saturated rings. The molecule has 154 valence electrons. The quantitative estimate of drug-likeness (QED) is 0.291. The van der Waals surface area contributed by atoms with Crippen LogP contribution in [0.3, 0.4) is 0 Å². The minimum atomic E-state index is 0.200. The van der Waals surface area contributed by atoms with Crippen molar-refractivity contribution in [3.05, 3.63) is 64.7 Å². The van der Waals surface area contributed by atoms with E-state index >= 15 is 0 Å². The van der Waals surface area contributed by atoms with Gasteiger partial charge in [-0.25, -0.2) is 0 Å². The second kappa shape index (κ2) is 6.56. The molecule has 1 aliphatic heterocycles. The molecular formula is C28H27N2O+. The van der Waals surface area contributed by atoms with Gasteiger partial charge in [0.05, 0.1) is 22.6 Å². The van der Waals surface area contributed by atoms with Crippen LogP contribution in [0.4, 0.5) is 0 Å². The Kier molecular flexibility index (Phi) is 4.14. The number of aryl methyl sites for hydroxylation is 2. The molecule has 3 nitrogen and oxygen atoms in total. The van der Waals surface area contributed by atoms with Crippen molar-refractivity contribution in [1.29, 1.82) is 5.26 Å². The molecule has 31 heavy (non-hydrogen) atoms. The first kappa shape index (κ1) is 19.6. The standard InChI is InChI=1S/C28H27N2O/c1-16-9-21-11-19(14-28(3,4)5)12-23-26(21)25(17(16)2)27-24(31-23)13-20-10-18(15-29)7-8-22(20)30(27)6/h7-13H,14H2,1-6H3/q+1. The number of rotatable bonds is 1. The van der Waals surface area contributed by atoms with Crippen molar-refractivity contribution in [3.8, 4) is 28.8 Å². The number of benzene rings is 3. The molecule has 3 heteroatoms. The number of nitriles is 1. The molecule has 0 saturated carbocycles. The third kappa shape index (κ3) is 3.06. The SMILES string of the molecule is Cc1cc2cc(CC(C)(C)C)cc3c2c(c1C)-c1c(cc2cc(C#N)ccc2[n+]1C)O3. The molecule has 4 aromatic rings. The fourth-order valence-electron chi connectivity index (χ4n) is 4.92. The largest absolute Gasteiger partial charge is 0.450 e. The summed E-state index contributed by atoms with van der Waals surface area (Å²) in [5.74, 6) is 1.78. The first-order valence-electron chi connectivity index (χ1n) is 10.8. The number of hydrogen-bond donors (Lipinski definition) is 0. The summed E-state index contributed by atoms with van der Waals surface area (Å²) in [4.78, 5) is 0. The van der Waals surface area contributed by atoms with Gasteiger partial charge in [0, 0.05) is 17.5 Å². The highest BCUT2D eigenvalue weighted by Crippen LogP contribution is 2.48. The number of fused-ring (bicyclic) bond motifs is 3. The van der Waals surface area contributed by atoms with Crippen LogP contribution >= 0.6 is 0 Å². The third-order valence-corrected chi connectivity index (χ3v) is 6.35. The van der Waals surface area contributed by atoms with Gasteiger partial charge in [-0.2, -0.15) is 9.83 Å². The van der Waals surface area contributed by atoms with Gasteiger partial charge in [0.15, 0.2) is 5.75 Å². The highest BCUT2D eigenvalue weighted by Gasteiger charge is 2.32. The van der Waals surface area contributed by atoms with Crippen molar-refractivity contribution >= 4 is 21.7 Å². The van der Waals surface area contributed by atoms with Crippen molar-refractivity contribution in [1.82, 2.24) is 0 Å². The Hall–Kier alpha value is -3.38. The summed E-state index contributed by atoms with van der Waals surface area (Å²) in [5.41, 5.74) is 8.16. The monoisotopic (exact) mass is 407 g/mol. The Balaban J connectivity index is 1.87. The van der Waals surface area contributed by atoms with E-state index in [1.807, 2.05) is 18.2 Å². The number of hydrogen-bond acceptors (Lipinski definition) is 2. The zero-order chi connectivity index (χ0) is 22.1. The van der Waals surface area contributed by atoms with Crippen molar-refractivity contribution in [2.45, 2.75) is 41.0 Å². The van der Waals surface area contributed by atoms with Gasteiger partial charge >= 0.3 is 0 Å². The zero-order valence-corrected chi connectivity index (χ0v) is 19.1. The Labute approximate surface area is 183 Å². The maximum absolute atomic E-state index is 9.34. The van der Waals surface area contributed by atoms with Gasteiger partial charge in [-0.3, -0.25) is 0 Å². The first-order chi connectivity index (χ1) is 14.7. The van der Waals surface area contributed by atoms with Gasteiger partial charge in [-0.05, 0) is 66.0 Å². The summed E-state index contributed by atoms with van der Waals surface area (Å²) in [5, 5.41) is 12.8. The van der Waals surface area contributed by atoms with E-state index in [1.54, 1.807) is 0 Å². The minimum Gasteiger partial charge on any atom is -0.450 e. The molecule has 0 N–H and O–H groups in total. The molecule has 1 aromatic heterocycles. The Morgan fingerprint density at radius 1 is 0.968 bits per heavy atom. The Morgan fingerprint density at radius 3 is 2.45 bits per heavy atom. The molecule has 0 bridgehead atoms. The van der Waals surface area contributed by atoms with E-state index < -0.39 is 0 Å². The van der Waals surface area contributed by atoms with Crippen LogP contribution in [-0.2, 0) is 13.5 Å². The smallest absolute Gasteiger partial charge is 0.256 e. The number of nitrogens with zero attached hydrogens (tertiary/aromatic N) is 2. The molecule has 0 atom stereocenters. The van der Waals surface area contributed by atoms with Crippen LogP contribution in [0, 0.1) is 30.6 Å². The molecule has 0 unspecified atom stereocenters. The van der Waals surface area contributed by atoms with Gasteiger partial charge < -0.3 is 4.74 Å². The summed E-state index contributed by atoms with van der Waals surface area (Å²) in [7, 11) is 2.09. The second-order valence-electron chi connectivity index (χ2n) is 10.0. The van der Waals surface area contributed by atoms with E-state index in [4.69, 9.17) is 4.74 Å². The van der Waals surface area contributed by atoms with Gasteiger partial charge in [-0.1, -0.05) is 32.9 Å². The molecule has 5 rings (SSSR count). The van der Waals surface area contributed by atoms with Gasteiger partial charge in [0.1, 0.15) is 12.8 Å². The van der Waals surface area contributed by atoms with Crippen LogP contribution in [0.5, 0.6) is 11.5 Å². The molecule has 0 amide bonds. The van der Waals surface area contributed by atoms with Crippen LogP contribution in [0.1, 0.15) is 43.0 Å². The average molecular weight is 408 g/mol. The Bertz CT molecular complexity index is 1450. The Morgan fingerprint density at radius 2 is 1.74 bits per heavy atom. The van der Waals surface area contributed by atoms with Crippen LogP contribution in [0.2, 0.25) is 0 Å². The van der Waals surface area contributed by atoms with E-state index in [-0.39, 0.29) is 5.41 Å². The molecule has 0 aliphatic carbocycles. The predicted molar refractivity (Wildman–Crippen MR) is 125 cm³/mol. The zero-order valence-electron chi connectivity index (χ0n) is 19.1. The fourth-order valence-corrected chi connectivity index (χ4v) is 4.92. The fraction of sp³-hybridized carbons (Fsp3) is 0.286. The summed E-state index contributed by atoms with van der Waals surface area (Å²) >= 11 is 0. The van der Waals surface area contributed by atoms with Gasteiger partial charge in [0.2, 0.25) is 5.52 Å². The predicted octanol–water partition coefficient (Wildman–Crippen LogP) is 6.67. The molecule has 3 aromatic carbocycles. The summed E-state index contributed by atoms with van der Waals surface area (Å²) in [6.45, 7) is 11.2. The molecule has 0 saturated heterocycles. The molecule has 0 spiro atoms. The van der Waals surface area contributed by atoms with Crippen molar-refractivity contribution in [3.63, 3.8) is 0 Å². The van der Waals surface area contributed by atoms with E-state index in [9.17, 15) is 5.26 Å². The highest BCUT2D eigenvalue weighted by molar-refractivity contribution is 6.05. The lowest BCUT2D eigenvalue weighted by atomic mass is 9.85. The molecular weight excluding hydrogens is 380 g/mol. The minimum absolute atomic E-state index is 0.200. The number of ether oxygens (including phenoxy) is 1. The van der Waals surface area contributed by atoms with Crippen molar-refractivity contribution < 1.29 is 9.30 Å². The van der Waals surface area contributed by atoms with Crippen LogP contribution < -0.4 is 9.30 Å². The van der Waals surface area contributed by atoms with E-state index in [0.717, 1.165) is 34.5 Å². The summed E-state index contributed by atoms with van der Waals surface area (Å²) in [6.07, 6.45) is 0.992. The van der Waals surface area contributed by atoms with Crippen LogP contribution in [0.25, 0.3) is 32.9 Å². The lowest BCUT2D eigenvalue weighted by Gasteiger charge is -2.24. The highest BCUT2D eigenvalue weighted by atomic mass is 16.5. The lowest BCUT2D eigenvalue weighted by molar-refractivity contribution is -0.633. The van der Waals surface area contributed by atoms with Crippen molar-refractivity contribution in [2.24, 2.45) is 12.5 Å². The van der Waals surface area contributed by atoms with Crippen molar-refractivity contribution in [2.75, 3.05) is 0 Å². The third-order valence-electron chi connectivity index (χ3n) is 6.35. The van der Waals surface area contributed by atoms with Gasteiger partial charge in [-0.15, -0.1) is 0 Å². The molecule has 1 aliphatic rings. The number of aromatic nitrogens is 1. The topological polar surface area (TPSA) is 36.9 Å². The average Bonchev–Trinajstić information content (AvgIpc) is 2.69.